The Morgan fingerprint density at radius 2 is 1.67 bits per heavy atom. The van der Waals surface area contributed by atoms with Gasteiger partial charge in [0.05, 0.1) is 25.0 Å². The van der Waals surface area contributed by atoms with Gasteiger partial charge < -0.3 is 15.8 Å². The van der Waals surface area contributed by atoms with Gasteiger partial charge in [0.1, 0.15) is 5.75 Å². The Bertz CT molecular complexity index is 909. The minimum atomic E-state index is -3.81. The zero-order valence-electron chi connectivity index (χ0n) is 15.0. The maximum absolute atomic E-state index is 12.5. The zero-order chi connectivity index (χ0) is 20.0. The third-order valence-electron chi connectivity index (χ3n) is 3.75. The average Bonchev–Trinajstić information content (AvgIpc) is 2.62. The van der Waals surface area contributed by atoms with Gasteiger partial charge in [-0.1, -0.05) is 12.1 Å². The number of ether oxygens (including phenoxy) is 1. The number of primary amides is 1. The summed E-state index contributed by atoms with van der Waals surface area (Å²) in [4.78, 5) is 23.1. The van der Waals surface area contributed by atoms with Gasteiger partial charge in [0.25, 0.3) is 0 Å². The third kappa shape index (κ3) is 5.53. The molecule has 144 valence electrons. The van der Waals surface area contributed by atoms with E-state index in [9.17, 15) is 18.0 Å². The second-order valence-corrected chi connectivity index (χ2v) is 7.87. The number of nitrogens with zero attached hydrogens (tertiary/aromatic N) is 1. The van der Waals surface area contributed by atoms with Crippen molar-refractivity contribution in [3.63, 3.8) is 0 Å². The summed E-state index contributed by atoms with van der Waals surface area (Å²) in [6.45, 7) is -0.350. The van der Waals surface area contributed by atoms with Gasteiger partial charge in [-0.25, -0.2) is 8.42 Å². The fourth-order valence-electron chi connectivity index (χ4n) is 2.32. The smallest absolute Gasteiger partial charge is 0.243 e. The molecule has 0 aliphatic rings. The number of amides is 2. The zero-order valence-corrected chi connectivity index (χ0v) is 15.8. The van der Waals surface area contributed by atoms with Crippen LogP contribution in [-0.2, 0) is 26.0 Å². The lowest BCUT2D eigenvalue weighted by atomic mass is 10.1. The van der Waals surface area contributed by atoms with E-state index in [-0.39, 0.29) is 17.9 Å². The lowest BCUT2D eigenvalue weighted by molar-refractivity contribution is -0.117. The third-order valence-corrected chi connectivity index (χ3v) is 5.57. The van der Waals surface area contributed by atoms with Crippen molar-refractivity contribution in [2.45, 2.75) is 11.3 Å². The largest absolute Gasteiger partial charge is 0.497 e. The normalized spacial score (nSPS) is 11.2. The van der Waals surface area contributed by atoms with Crippen LogP contribution >= 0.6 is 0 Å². The second kappa shape index (κ2) is 8.65. The number of methoxy groups -OCH3 is 1. The highest BCUT2D eigenvalue weighted by Gasteiger charge is 2.23. The summed E-state index contributed by atoms with van der Waals surface area (Å²) in [5, 5.41) is 2.61. The number of nitrogens with two attached hydrogens (primary N) is 1. The van der Waals surface area contributed by atoms with Crippen molar-refractivity contribution in [1.82, 2.24) is 4.31 Å². The molecule has 0 saturated carbocycles. The Labute approximate surface area is 158 Å². The Kier molecular flexibility index (Phi) is 6.54. The molecule has 3 N–H and O–H groups in total. The topological polar surface area (TPSA) is 119 Å². The van der Waals surface area contributed by atoms with E-state index in [2.05, 4.69) is 5.32 Å². The number of hydrogen-bond donors (Lipinski definition) is 2. The van der Waals surface area contributed by atoms with E-state index in [4.69, 9.17) is 10.5 Å². The highest BCUT2D eigenvalue weighted by Crippen LogP contribution is 2.18. The van der Waals surface area contributed by atoms with Crippen molar-refractivity contribution in [2.24, 2.45) is 5.73 Å². The minimum Gasteiger partial charge on any atom is -0.497 e. The molecule has 2 rings (SSSR count). The number of hydrogen-bond acceptors (Lipinski definition) is 5. The molecule has 0 bridgehead atoms. The number of rotatable bonds is 8. The highest BCUT2D eigenvalue weighted by molar-refractivity contribution is 7.89. The summed E-state index contributed by atoms with van der Waals surface area (Å²) in [6, 6.07) is 12.5. The van der Waals surface area contributed by atoms with Gasteiger partial charge in [-0.05, 0) is 42.0 Å². The van der Waals surface area contributed by atoms with E-state index in [0.717, 1.165) is 9.87 Å². The number of sulfonamides is 1. The molecule has 0 aromatic heterocycles. The molecule has 2 aromatic rings. The first kappa shape index (κ1) is 20.4. The van der Waals surface area contributed by atoms with Crippen LogP contribution in [0, 0.1) is 0 Å². The maximum Gasteiger partial charge on any atom is 0.243 e. The molecule has 0 saturated heterocycles. The van der Waals surface area contributed by atoms with E-state index in [1.54, 1.807) is 24.3 Å². The average molecular weight is 391 g/mol. The lowest BCUT2D eigenvalue weighted by Gasteiger charge is -2.17. The molecule has 2 amide bonds. The molecule has 0 fully saturated rings. The molecule has 0 atom stereocenters. The molecular formula is C18H21N3O5S. The minimum absolute atomic E-state index is 0.0643. The summed E-state index contributed by atoms with van der Waals surface area (Å²) in [7, 11) is -0.991. The van der Waals surface area contributed by atoms with Crippen LogP contribution in [0.1, 0.15) is 5.56 Å². The molecule has 0 unspecified atom stereocenters. The molecule has 27 heavy (non-hydrogen) atoms. The maximum atomic E-state index is 12.5. The van der Waals surface area contributed by atoms with Crippen LogP contribution < -0.4 is 15.8 Å². The molecule has 9 heteroatoms. The predicted octanol–water partition coefficient (Wildman–Crippen LogP) is 0.982. The summed E-state index contributed by atoms with van der Waals surface area (Å²) >= 11 is 0. The van der Waals surface area contributed by atoms with Crippen LogP contribution in [0.25, 0.3) is 0 Å². The van der Waals surface area contributed by atoms with Gasteiger partial charge in [0, 0.05) is 12.7 Å². The van der Waals surface area contributed by atoms with Crippen molar-refractivity contribution in [3.8, 4) is 5.75 Å². The first-order valence-corrected chi connectivity index (χ1v) is 9.44. The van der Waals surface area contributed by atoms with Gasteiger partial charge in [0.2, 0.25) is 21.8 Å². The van der Waals surface area contributed by atoms with Gasteiger partial charge in [-0.15, -0.1) is 0 Å². The lowest BCUT2D eigenvalue weighted by Crippen LogP contribution is -2.34. The Hall–Kier alpha value is -2.91. The van der Waals surface area contributed by atoms with Crippen molar-refractivity contribution >= 4 is 27.5 Å². The summed E-state index contributed by atoms with van der Waals surface area (Å²) in [5.41, 5.74) is 6.34. The molecule has 0 spiro atoms. The van der Waals surface area contributed by atoms with E-state index in [1.165, 1.54) is 38.4 Å². The van der Waals surface area contributed by atoms with Crippen LogP contribution in [0.4, 0.5) is 5.69 Å². The molecule has 0 aliphatic carbocycles. The van der Waals surface area contributed by atoms with Crippen LogP contribution in [0.15, 0.2) is 53.4 Å². The van der Waals surface area contributed by atoms with Gasteiger partial charge in [-0.3, -0.25) is 9.59 Å². The molecule has 0 heterocycles. The first-order chi connectivity index (χ1) is 12.7. The second-order valence-electron chi connectivity index (χ2n) is 5.82. The molecule has 0 radical (unpaired) electrons. The van der Waals surface area contributed by atoms with Crippen LogP contribution in [0.5, 0.6) is 5.75 Å². The van der Waals surface area contributed by atoms with Crippen LogP contribution in [0.3, 0.4) is 0 Å². The number of nitrogens with one attached hydrogen (secondary N) is 1. The fourth-order valence-corrected chi connectivity index (χ4v) is 3.45. The quantitative estimate of drug-likeness (QED) is 0.695. The van der Waals surface area contributed by atoms with Gasteiger partial charge in [0.15, 0.2) is 0 Å². The molecular weight excluding hydrogens is 370 g/mol. The molecule has 8 nitrogen and oxygen atoms in total. The van der Waals surface area contributed by atoms with Gasteiger partial charge in [-0.2, -0.15) is 4.31 Å². The van der Waals surface area contributed by atoms with Crippen molar-refractivity contribution < 1.29 is 22.7 Å². The van der Waals surface area contributed by atoms with E-state index in [0.29, 0.717) is 11.4 Å². The first-order valence-electron chi connectivity index (χ1n) is 8.00. The number of anilines is 1. The Morgan fingerprint density at radius 3 is 2.19 bits per heavy atom. The predicted molar refractivity (Wildman–Crippen MR) is 101 cm³/mol. The molecule has 2 aromatic carbocycles. The number of carbonyl (C=O) groups is 2. The summed E-state index contributed by atoms with van der Waals surface area (Å²) < 4.78 is 31.0. The summed E-state index contributed by atoms with van der Waals surface area (Å²) in [6.07, 6.45) is 0.108. The number of likely N-dealkylation sites (N-methyl/N-ethyl adjacent to an activating group) is 1. The number of carbonyl (C=O) groups excluding carboxylic acids is 2. The van der Waals surface area contributed by atoms with Crippen LogP contribution in [0.2, 0.25) is 0 Å². The standard InChI is InChI=1S/C18H21N3O5S/c1-21(27(24,25)16-9-7-15(26-2)8-10-16)12-18(23)20-14-5-3-13(4-6-14)11-17(19)22/h3-10H,11-12H2,1-2H3,(H2,19,22)(H,20,23). The highest BCUT2D eigenvalue weighted by atomic mass is 32.2. The summed E-state index contributed by atoms with van der Waals surface area (Å²) in [5.74, 6) is -0.400. The van der Waals surface area contributed by atoms with E-state index in [1.807, 2.05) is 0 Å². The molecule has 0 aliphatic heterocycles. The van der Waals surface area contributed by atoms with Crippen molar-refractivity contribution in [1.29, 1.82) is 0 Å². The fraction of sp³-hybridized carbons (Fsp3) is 0.222. The van der Waals surface area contributed by atoms with Crippen molar-refractivity contribution in [3.05, 3.63) is 54.1 Å². The van der Waals surface area contributed by atoms with E-state index >= 15 is 0 Å². The SMILES string of the molecule is COc1ccc(S(=O)(=O)N(C)CC(=O)Nc2ccc(CC(N)=O)cc2)cc1. The van der Waals surface area contributed by atoms with E-state index < -0.39 is 21.8 Å². The van der Waals surface area contributed by atoms with Crippen LogP contribution in [-0.4, -0.2) is 45.2 Å². The Morgan fingerprint density at radius 1 is 1.07 bits per heavy atom. The monoisotopic (exact) mass is 391 g/mol. The number of benzene rings is 2. The van der Waals surface area contributed by atoms with Gasteiger partial charge >= 0.3 is 0 Å². The Balaban J connectivity index is 2.00. The van der Waals surface area contributed by atoms with Crippen molar-refractivity contribution in [2.75, 3.05) is 26.0 Å².